The summed E-state index contributed by atoms with van der Waals surface area (Å²) < 4.78 is 8.13. The number of hydrogen-bond acceptors (Lipinski definition) is 4. The average Bonchev–Trinajstić information content (AvgIpc) is 2.60. The minimum absolute atomic E-state index is 0.00819. The Balaban J connectivity index is 3.38. The van der Waals surface area contributed by atoms with Crippen molar-refractivity contribution in [2.75, 3.05) is 12.0 Å². The highest BCUT2D eigenvalue weighted by atomic mass is 35.5. The van der Waals surface area contributed by atoms with Crippen molar-refractivity contribution in [1.29, 1.82) is 0 Å². The molecule has 26 heavy (non-hydrogen) atoms. The fourth-order valence-corrected chi connectivity index (χ4v) is 2.90. The van der Waals surface area contributed by atoms with Crippen LogP contribution in [0.5, 0.6) is 0 Å². The van der Waals surface area contributed by atoms with Crippen LogP contribution in [0.2, 0.25) is 11.5 Å². The third kappa shape index (κ3) is 6.70. The lowest BCUT2D eigenvalue weighted by atomic mass is 10.0. The van der Waals surface area contributed by atoms with Gasteiger partial charge in [0.05, 0.1) is 10.6 Å². The van der Waals surface area contributed by atoms with Crippen molar-refractivity contribution in [1.82, 2.24) is 10.4 Å². The maximum atomic E-state index is 13.1. The van der Waals surface area contributed by atoms with Crippen LogP contribution in [-0.2, 0) is 9.59 Å². The molecule has 0 radical (unpaired) electrons. The molecule has 0 heterocycles. The van der Waals surface area contributed by atoms with Gasteiger partial charge in [0.25, 0.3) is 5.91 Å². The van der Waals surface area contributed by atoms with Gasteiger partial charge in [-0.1, -0.05) is 37.0 Å². The fourth-order valence-electron chi connectivity index (χ4n) is 2.15. The Morgan fingerprint density at radius 2 is 2.00 bits per heavy atom. The lowest BCUT2D eigenvalue weighted by Gasteiger charge is -2.30. The van der Waals surface area contributed by atoms with E-state index in [1.165, 1.54) is 30.0 Å². The van der Waals surface area contributed by atoms with Crippen LogP contribution < -0.4 is 5.42 Å². The highest BCUT2D eigenvalue weighted by molar-refractivity contribution is 7.98. The van der Waals surface area contributed by atoms with E-state index >= 15 is 0 Å². The predicted molar refractivity (Wildman–Crippen MR) is 105 cm³/mol. The van der Waals surface area contributed by atoms with Crippen LogP contribution in [-0.4, -0.2) is 45.9 Å². The maximum absolute atomic E-state index is 13.1. The quantitative estimate of drug-likeness (QED) is 0.624. The highest BCUT2D eigenvalue weighted by Crippen LogP contribution is 2.23. The molecular formula is C17H22Cl2N2O4S. The van der Waals surface area contributed by atoms with Crippen LogP contribution in [0.15, 0.2) is 18.2 Å². The molecule has 9 heteroatoms. The van der Waals surface area contributed by atoms with Crippen LogP contribution in [0, 0.1) is 5.92 Å². The first-order valence-electron chi connectivity index (χ1n) is 8.36. The average molecular weight is 422 g/mol. The Morgan fingerprint density at radius 1 is 1.35 bits per heavy atom. The van der Waals surface area contributed by atoms with Crippen molar-refractivity contribution in [3.8, 4) is 0 Å². The second-order valence-corrected chi connectivity index (χ2v) is 7.82. The molecule has 0 bridgehead atoms. The topological polar surface area (TPSA) is 86.7 Å². The van der Waals surface area contributed by atoms with Crippen LogP contribution in [0.4, 0.5) is 0 Å². The van der Waals surface area contributed by atoms with Gasteiger partial charge in [-0.15, -0.1) is 0 Å². The van der Waals surface area contributed by atoms with Gasteiger partial charge in [0.1, 0.15) is 0 Å². The van der Waals surface area contributed by atoms with Crippen LogP contribution in [0.3, 0.4) is 0 Å². The number of halogens is 2. The summed E-state index contributed by atoms with van der Waals surface area (Å²) in [6.45, 7) is 3.57. The molecular weight excluding hydrogens is 399 g/mol. The largest absolute Gasteiger partial charge is 0.480 e. The molecule has 6 nitrogen and oxygen atoms in total. The van der Waals surface area contributed by atoms with Gasteiger partial charge in [-0.2, -0.15) is 11.8 Å². The lowest BCUT2D eigenvalue weighted by molar-refractivity contribution is -0.145. The first-order chi connectivity index (χ1) is 12.6. The standard InChI is InChI=1S/C17H22Cl2N2O4S/c1-10(2)8-14(17(24)25)21(20-15(22)6-7-26-3)16(23)12-9-11(18)4-5-13(12)19/h4-5,9-10,14H,6-8H2,1-3H3,(H,20,22)(H,24,25)/t14-/m1/s1/i/hD. The summed E-state index contributed by atoms with van der Waals surface area (Å²) in [6, 6.07) is 2.77. The Hall–Kier alpha value is -1.44. The van der Waals surface area contributed by atoms with E-state index in [1.807, 2.05) is 0 Å². The van der Waals surface area contributed by atoms with Crippen LogP contribution >= 0.6 is 35.0 Å². The molecule has 0 unspecified atom stereocenters. The van der Waals surface area contributed by atoms with Gasteiger partial charge in [0, 0.05) is 17.2 Å². The minimum Gasteiger partial charge on any atom is -0.480 e. The number of carboxylic acid groups (broad SMARTS) is 1. The van der Waals surface area contributed by atoms with Gasteiger partial charge < -0.3 is 5.11 Å². The van der Waals surface area contributed by atoms with Gasteiger partial charge in [-0.25, -0.2) is 9.80 Å². The van der Waals surface area contributed by atoms with E-state index in [9.17, 15) is 19.5 Å². The second-order valence-electron chi connectivity index (χ2n) is 5.99. The number of thioether (sulfide) groups is 1. The molecule has 1 atom stereocenters. The van der Waals surface area contributed by atoms with Gasteiger partial charge >= 0.3 is 5.97 Å². The van der Waals surface area contributed by atoms with Crippen molar-refractivity contribution in [2.45, 2.75) is 32.7 Å². The molecule has 2 amide bonds. The van der Waals surface area contributed by atoms with E-state index in [0.29, 0.717) is 16.2 Å². The molecule has 1 aromatic rings. The third-order valence-electron chi connectivity index (χ3n) is 3.38. The molecule has 1 rings (SSSR count). The van der Waals surface area contributed by atoms with Gasteiger partial charge in [0.15, 0.2) is 7.45 Å². The van der Waals surface area contributed by atoms with E-state index in [4.69, 9.17) is 24.6 Å². The van der Waals surface area contributed by atoms with E-state index in [1.54, 1.807) is 20.1 Å². The van der Waals surface area contributed by atoms with E-state index in [2.05, 4.69) is 0 Å². The Labute approximate surface area is 168 Å². The van der Waals surface area contributed by atoms with Crippen molar-refractivity contribution < 1.29 is 20.9 Å². The number of aliphatic carboxylic acids is 1. The number of hydrogen-bond donors (Lipinski definition) is 2. The number of rotatable bonds is 8. The second kappa shape index (κ2) is 10.6. The van der Waals surface area contributed by atoms with Crippen molar-refractivity contribution in [3.05, 3.63) is 33.8 Å². The first kappa shape index (κ1) is 20.9. The van der Waals surface area contributed by atoms with Gasteiger partial charge in [-0.05, 0) is 36.8 Å². The molecule has 0 aliphatic rings. The Morgan fingerprint density at radius 3 is 2.54 bits per heavy atom. The minimum atomic E-state index is -1.40. The zero-order chi connectivity index (χ0) is 20.7. The molecule has 0 saturated heterocycles. The molecule has 0 saturated carbocycles. The number of benzene rings is 1. The molecule has 144 valence electrons. The zero-order valence-corrected chi connectivity index (χ0v) is 17.1. The number of carbonyl (C=O) groups excluding carboxylic acids is 2. The summed E-state index contributed by atoms with van der Waals surface area (Å²) in [4.78, 5) is 37.2. The van der Waals surface area contributed by atoms with E-state index in [-0.39, 0.29) is 34.4 Å². The first-order valence-corrected chi connectivity index (χ1v) is 10.1. The highest BCUT2D eigenvalue weighted by Gasteiger charge is 2.33. The number of amides is 2. The summed E-state index contributed by atoms with van der Waals surface area (Å²) >= 11 is 13.4. The Kier molecular flexibility index (Phi) is 8.54. The SMILES string of the molecule is [2H]N(C(=O)CCSC)N(C(=O)c1cc(Cl)ccc1Cl)[C@H](CC(C)C)C(=O)O. The number of hydrazine groups is 1. The normalized spacial score (nSPS) is 12.5. The maximum Gasteiger partial charge on any atom is 0.328 e. The predicted octanol–water partition coefficient (Wildman–Crippen LogP) is 3.72. The summed E-state index contributed by atoms with van der Waals surface area (Å²) in [5.41, 5.74) is 0.255. The van der Waals surface area contributed by atoms with Gasteiger partial charge in [0.2, 0.25) is 5.91 Å². The summed E-state index contributed by atoms with van der Waals surface area (Å²) in [6.07, 6.45) is 1.85. The van der Waals surface area contributed by atoms with E-state index < -0.39 is 23.8 Å². The fraction of sp³-hybridized carbons (Fsp3) is 0.471. The number of carboxylic acids is 1. The van der Waals surface area contributed by atoms with Crippen molar-refractivity contribution in [3.63, 3.8) is 0 Å². The smallest absolute Gasteiger partial charge is 0.328 e. The molecule has 1 aromatic carbocycles. The number of carbonyl (C=O) groups is 3. The molecule has 0 aliphatic heterocycles. The van der Waals surface area contributed by atoms with Crippen molar-refractivity contribution >= 4 is 52.7 Å². The van der Waals surface area contributed by atoms with Crippen LogP contribution in [0.25, 0.3) is 0 Å². The molecule has 2 N–H and O–H groups in total. The zero-order valence-electron chi connectivity index (χ0n) is 15.7. The summed E-state index contributed by atoms with van der Waals surface area (Å²) in [5, 5.41) is 10.6. The Bertz CT molecular complexity index is 706. The third-order valence-corrected chi connectivity index (χ3v) is 4.56. The molecule has 0 aliphatic carbocycles. The van der Waals surface area contributed by atoms with E-state index in [0.717, 1.165) is 0 Å². The monoisotopic (exact) mass is 421 g/mol. The summed E-state index contributed by atoms with van der Waals surface area (Å²) in [5.74, 6) is -2.53. The van der Waals surface area contributed by atoms with Crippen molar-refractivity contribution in [2.24, 2.45) is 5.92 Å². The lowest BCUT2D eigenvalue weighted by Crippen LogP contribution is -2.55. The number of nitrogens with one attached hydrogen (secondary N) is 1. The molecule has 0 spiro atoms. The molecule has 0 aromatic heterocycles. The number of nitrogens with zero attached hydrogens (tertiary/aromatic N) is 1. The summed E-state index contributed by atoms with van der Waals surface area (Å²) in [7, 11) is 0. The van der Waals surface area contributed by atoms with Gasteiger partial charge in [-0.3, -0.25) is 15.0 Å². The van der Waals surface area contributed by atoms with Crippen LogP contribution in [0.1, 0.15) is 37.0 Å². The molecule has 0 fully saturated rings.